The topological polar surface area (TPSA) is 61.8 Å². The molecule has 0 saturated carbocycles. The predicted molar refractivity (Wildman–Crippen MR) is 119 cm³/mol. The van der Waals surface area contributed by atoms with Crippen molar-refractivity contribution >= 4 is 29.9 Å². The maximum atomic E-state index is 12.4. The zero-order valence-corrected chi connectivity index (χ0v) is 19.5. The number of rotatable bonds is 7. The van der Waals surface area contributed by atoms with Gasteiger partial charge in [0.05, 0.1) is 0 Å². The van der Waals surface area contributed by atoms with Crippen molar-refractivity contribution in [2.45, 2.75) is 51.4 Å². The van der Waals surface area contributed by atoms with Crippen LogP contribution in [0, 0.1) is 0 Å². The first-order chi connectivity index (χ1) is 13.2. The molecule has 2 N–H and O–H groups in total. The Morgan fingerprint density at radius 2 is 1.90 bits per heavy atom. The fourth-order valence-electron chi connectivity index (χ4n) is 3.15. The Hall–Kier alpha value is -1.30. The molecule has 0 spiro atoms. The van der Waals surface area contributed by atoms with E-state index < -0.39 is 12.8 Å². The predicted octanol–water partition coefficient (Wildman–Crippen LogP) is 3.57. The number of hydrogen-bond donors (Lipinski definition) is 2. The van der Waals surface area contributed by atoms with Gasteiger partial charge in [-0.3, -0.25) is 9.89 Å². The number of likely N-dealkylation sites (tertiary alicyclic amines) is 1. The van der Waals surface area contributed by atoms with Crippen LogP contribution in [0.2, 0.25) is 0 Å². The van der Waals surface area contributed by atoms with Crippen molar-refractivity contribution in [2.75, 3.05) is 33.3 Å². The second-order valence-electron chi connectivity index (χ2n) is 7.51. The minimum absolute atomic E-state index is 0. The summed E-state index contributed by atoms with van der Waals surface area (Å²) in [4.78, 5) is 10.6. The minimum Gasteiger partial charge on any atom is -0.468 e. The fourth-order valence-corrected chi connectivity index (χ4v) is 3.15. The lowest BCUT2D eigenvalue weighted by Crippen LogP contribution is -2.54. The van der Waals surface area contributed by atoms with Crippen LogP contribution in [-0.2, 0) is 6.54 Å². The third-order valence-electron chi connectivity index (χ3n) is 4.79. The average molecular weight is 529 g/mol. The summed E-state index contributed by atoms with van der Waals surface area (Å²) in [5.74, 6) is 0.548. The molecular formula is C19H31F3IN5O. The third kappa shape index (κ3) is 8.93. The van der Waals surface area contributed by atoms with E-state index in [-0.39, 0.29) is 41.9 Å². The van der Waals surface area contributed by atoms with Crippen LogP contribution in [0.3, 0.4) is 0 Å². The number of guanidine groups is 1. The fraction of sp³-hybridized carbons (Fsp3) is 0.684. The Labute approximate surface area is 187 Å². The van der Waals surface area contributed by atoms with Gasteiger partial charge in [-0.15, -0.1) is 24.0 Å². The number of piperidine rings is 1. The number of aliphatic imine (C=N–C) groups is 1. The molecule has 0 aromatic carbocycles. The monoisotopic (exact) mass is 529 g/mol. The number of aromatic nitrogens is 1. The van der Waals surface area contributed by atoms with Crippen molar-refractivity contribution in [1.29, 1.82) is 0 Å². The molecule has 1 fully saturated rings. The lowest BCUT2D eigenvalue weighted by molar-refractivity contribution is -0.154. The Kier molecular flexibility index (Phi) is 10.4. The molecule has 10 heteroatoms. The highest BCUT2D eigenvalue weighted by Gasteiger charge is 2.29. The molecular weight excluding hydrogens is 498 g/mol. The van der Waals surface area contributed by atoms with Crippen LogP contribution in [0.15, 0.2) is 23.3 Å². The van der Waals surface area contributed by atoms with E-state index in [0.29, 0.717) is 18.1 Å². The van der Waals surface area contributed by atoms with Crippen LogP contribution in [0.25, 0.3) is 0 Å². The van der Waals surface area contributed by atoms with Gasteiger partial charge in [0.15, 0.2) is 12.6 Å². The number of ether oxygens (including phenoxy) is 1. The van der Waals surface area contributed by atoms with E-state index >= 15 is 0 Å². The maximum Gasteiger partial charge on any atom is 0.422 e. The number of halogens is 4. The lowest BCUT2D eigenvalue weighted by atomic mass is 9.98. The summed E-state index contributed by atoms with van der Waals surface area (Å²) < 4.78 is 42.0. The Morgan fingerprint density at radius 3 is 2.52 bits per heavy atom. The highest BCUT2D eigenvalue weighted by atomic mass is 127. The molecule has 1 aliphatic rings. The van der Waals surface area contributed by atoms with Crippen molar-refractivity contribution in [2.24, 2.45) is 4.99 Å². The van der Waals surface area contributed by atoms with E-state index in [1.54, 1.807) is 19.2 Å². The maximum absolute atomic E-state index is 12.4. The first-order valence-electron chi connectivity index (χ1n) is 9.54. The molecule has 1 aromatic heterocycles. The Morgan fingerprint density at radius 1 is 1.21 bits per heavy atom. The summed E-state index contributed by atoms with van der Waals surface area (Å²) >= 11 is 0. The molecule has 0 aliphatic carbocycles. The third-order valence-corrected chi connectivity index (χ3v) is 4.79. The lowest BCUT2D eigenvalue weighted by Gasteiger charge is -2.41. The molecule has 0 radical (unpaired) electrons. The minimum atomic E-state index is -4.40. The van der Waals surface area contributed by atoms with Crippen molar-refractivity contribution < 1.29 is 17.9 Å². The zero-order valence-electron chi connectivity index (χ0n) is 17.2. The number of alkyl halides is 3. The SMILES string of the molecule is CN=C(NCc1cccnc1OCC(F)(F)F)NCC(C)(C)N1CCCCC1.I. The number of hydrogen-bond acceptors (Lipinski definition) is 4. The van der Waals surface area contributed by atoms with Crippen LogP contribution in [0.5, 0.6) is 5.88 Å². The zero-order chi connectivity index (χ0) is 20.6. The molecule has 6 nitrogen and oxygen atoms in total. The molecule has 0 bridgehead atoms. The smallest absolute Gasteiger partial charge is 0.422 e. The van der Waals surface area contributed by atoms with Crippen molar-refractivity contribution in [3.05, 3.63) is 23.9 Å². The largest absolute Gasteiger partial charge is 0.468 e. The van der Waals surface area contributed by atoms with Gasteiger partial charge < -0.3 is 15.4 Å². The van der Waals surface area contributed by atoms with E-state index in [4.69, 9.17) is 4.74 Å². The van der Waals surface area contributed by atoms with Gasteiger partial charge >= 0.3 is 6.18 Å². The van der Waals surface area contributed by atoms with E-state index in [1.807, 2.05) is 0 Å². The van der Waals surface area contributed by atoms with Crippen molar-refractivity contribution in [1.82, 2.24) is 20.5 Å². The molecule has 2 heterocycles. The summed E-state index contributed by atoms with van der Waals surface area (Å²) in [6.07, 6.45) is 0.729. The molecule has 1 saturated heterocycles. The van der Waals surface area contributed by atoms with Crippen LogP contribution in [-0.4, -0.2) is 60.8 Å². The summed E-state index contributed by atoms with van der Waals surface area (Å²) in [6.45, 7) is 6.17. The average Bonchev–Trinajstić information content (AvgIpc) is 2.67. The summed E-state index contributed by atoms with van der Waals surface area (Å²) in [7, 11) is 1.66. The van der Waals surface area contributed by atoms with Gasteiger partial charge in [0.25, 0.3) is 0 Å². The standard InChI is InChI=1S/C19H30F3N5O.HI/c1-18(2,27-10-5-4-6-11-27)13-26-17(23-3)25-12-15-8-7-9-24-16(15)28-14-19(20,21)22;/h7-9H,4-6,10-14H2,1-3H3,(H2,23,25,26);1H. The van der Waals surface area contributed by atoms with Crippen LogP contribution < -0.4 is 15.4 Å². The molecule has 1 aromatic rings. The van der Waals surface area contributed by atoms with Gasteiger partial charge in [-0.2, -0.15) is 13.2 Å². The van der Waals surface area contributed by atoms with Crippen molar-refractivity contribution in [3.63, 3.8) is 0 Å². The molecule has 0 unspecified atom stereocenters. The Bertz CT molecular complexity index is 649. The van der Waals surface area contributed by atoms with Gasteiger partial charge in [-0.1, -0.05) is 12.5 Å². The second kappa shape index (κ2) is 11.8. The van der Waals surface area contributed by atoms with Gasteiger partial charge in [0, 0.05) is 37.4 Å². The van der Waals surface area contributed by atoms with Gasteiger partial charge in [0.2, 0.25) is 5.88 Å². The summed E-state index contributed by atoms with van der Waals surface area (Å²) in [5, 5.41) is 6.43. The van der Waals surface area contributed by atoms with Crippen LogP contribution in [0.4, 0.5) is 13.2 Å². The van der Waals surface area contributed by atoms with Crippen LogP contribution in [0.1, 0.15) is 38.7 Å². The van der Waals surface area contributed by atoms with E-state index in [2.05, 4.69) is 39.4 Å². The number of nitrogens with one attached hydrogen (secondary N) is 2. The summed E-state index contributed by atoms with van der Waals surface area (Å²) in [5.41, 5.74) is 0.512. The Balaban J connectivity index is 0.00000420. The second-order valence-corrected chi connectivity index (χ2v) is 7.51. The van der Waals surface area contributed by atoms with Gasteiger partial charge in [-0.05, 0) is 45.8 Å². The molecule has 0 amide bonds. The molecule has 2 rings (SSSR count). The molecule has 1 aliphatic heterocycles. The number of pyridine rings is 1. The summed E-state index contributed by atoms with van der Waals surface area (Å²) in [6, 6.07) is 3.34. The van der Waals surface area contributed by atoms with Gasteiger partial charge in [-0.25, -0.2) is 4.98 Å². The highest BCUT2D eigenvalue weighted by molar-refractivity contribution is 14.0. The number of nitrogens with zero attached hydrogens (tertiary/aromatic N) is 3. The normalized spacial score (nSPS) is 16.1. The molecule has 29 heavy (non-hydrogen) atoms. The van der Waals surface area contributed by atoms with E-state index in [9.17, 15) is 13.2 Å². The first kappa shape index (κ1) is 25.7. The van der Waals surface area contributed by atoms with E-state index in [0.717, 1.165) is 13.1 Å². The van der Waals surface area contributed by atoms with Crippen molar-refractivity contribution in [3.8, 4) is 5.88 Å². The molecule has 0 atom stereocenters. The molecule has 166 valence electrons. The quantitative estimate of drug-likeness (QED) is 0.322. The van der Waals surface area contributed by atoms with Crippen LogP contribution >= 0.6 is 24.0 Å². The van der Waals surface area contributed by atoms with Gasteiger partial charge in [0.1, 0.15) is 0 Å². The highest BCUT2D eigenvalue weighted by Crippen LogP contribution is 2.21. The van der Waals surface area contributed by atoms with E-state index in [1.165, 1.54) is 25.5 Å². The first-order valence-corrected chi connectivity index (χ1v) is 9.54.